The first-order valence-corrected chi connectivity index (χ1v) is 11.0. The van der Waals surface area contributed by atoms with Gasteiger partial charge in [0.1, 0.15) is 12.0 Å². The van der Waals surface area contributed by atoms with Gasteiger partial charge in [0.2, 0.25) is 22.2 Å². The van der Waals surface area contributed by atoms with Crippen LogP contribution in [0.3, 0.4) is 0 Å². The maximum Gasteiger partial charge on any atom is 0.343 e. The molecule has 0 saturated heterocycles. The van der Waals surface area contributed by atoms with E-state index in [2.05, 4.69) is 15.5 Å². The Morgan fingerprint density at radius 1 is 1.27 bits per heavy atom. The van der Waals surface area contributed by atoms with Crippen molar-refractivity contribution in [1.29, 1.82) is 0 Å². The molecule has 0 bridgehead atoms. The standard InChI is InChI=1S/C19H14ClN3O5S2/c20-12-5-3-11(4-6-12)17(26)28-15-8-27-13(7-14(15)24)9-29-19-23-22-18(30-19)21-16(25)10-1-2-10/h3-8,10H,1-2,9H2,(H,21,22,25). The Kier molecular flexibility index (Phi) is 6.16. The molecule has 0 atom stereocenters. The van der Waals surface area contributed by atoms with E-state index in [0.29, 0.717) is 26.0 Å². The van der Waals surface area contributed by atoms with E-state index >= 15 is 0 Å². The number of thioether (sulfide) groups is 1. The van der Waals surface area contributed by atoms with E-state index in [-0.39, 0.29) is 23.1 Å². The van der Waals surface area contributed by atoms with Crippen LogP contribution in [0.2, 0.25) is 5.02 Å². The molecular formula is C19H14ClN3O5S2. The van der Waals surface area contributed by atoms with Crippen LogP contribution in [0.5, 0.6) is 5.75 Å². The van der Waals surface area contributed by atoms with E-state index in [1.807, 2.05) is 0 Å². The van der Waals surface area contributed by atoms with Gasteiger partial charge in [0.25, 0.3) is 0 Å². The molecule has 1 aromatic carbocycles. The van der Waals surface area contributed by atoms with Gasteiger partial charge in [-0.1, -0.05) is 34.7 Å². The minimum absolute atomic E-state index is 0.0302. The lowest BCUT2D eigenvalue weighted by atomic mass is 10.2. The Morgan fingerprint density at radius 3 is 2.73 bits per heavy atom. The van der Waals surface area contributed by atoms with Crippen molar-refractivity contribution in [2.45, 2.75) is 22.9 Å². The number of esters is 1. The van der Waals surface area contributed by atoms with Crippen LogP contribution < -0.4 is 15.5 Å². The van der Waals surface area contributed by atoms with Gasteiger partial charge in [-0.25, -0.2) is 4.79 Å². The highest BCUT2D eigenvalue weighted by atomic mass is 35.5. The van der Waals surface area contributed by atoms with Crippen molar-refractivity contribution in [2.24, 2.45) is 5.92 Å². The first-order chi connectivity index (χ1) is 14.5. The number of anilines is 1. The zero-order valence-corrected chi connectivity index (χ0v) is 17.7. The highest BCUT2D eigenvalue weighted by molar-refractivity contribution is 8.00. The molecule has 1 aliphatic carbocycles. The van der Waals surface area contributed by atoms with E-state index in [1.165, 1.54) is 41.3 Å². The van der Waals surface area contributed by atoms with Gasteiger partial charge < -0.3 is 14.5 Å². The molecule has 0 aliphatic heterocycles. The van der Waals surface area contributed by atoms with Crippen molar-refractivity contribution in [1.82, 2.24) is 10.2 Å². The summed E-state index contributed by atoms with van der Waals surface area (Å²) in [6, 6.07) is 7.37. The topological polar surface area (TPSA) is 111 Å². The average Bonchev–Trinajstić information content (AvgIpc) is 3.49. The van der Waals surface area contributed by atoms with Crippen LogP contribution in [-0.4, -0.2) is 22.1 Å². The third-order valence-corrected chi connectivity index (χ3v) is 6.30. The minimum atomic E-state index is -0.685. The number of hydrogen-bond acceptors (Lipinski definition) is 9. The normalized spacial score (nSPS) is 13.1. The predicted octanol–water partition coefficient (Wildman–Crippen LogP) is 4.00. The molecule has 0 radical (unpaired) electrons. The molecule has 1 fully saturated rings. The van der Waals surface area contributed by atoms with Gasteiger partial charge in [-0.3, -0.25) is 9.59 Å². The fourth-order valence-electron chi connectivity index (χ4n) is 2.34. The van der Waals surface area contributed by atoms with Crippen LogP contribution in [0.25, 0.3) is 0 Å². The Balaban J connectivity index is 1.33. The Bertz CT molecular complexity index is 1140. The van der Waals surface area contributed by atoms with Crippen LogP contribution in [0, 0.1) is 5.92 Å². The molecule has 30 heavy (non-hydrogen) atoms. The molecular weight excluding hydrogens is 450 g/mol. The number of halogens is 1. The Hall–Kier alpha value is -2.69. The number of amides is 1. The van der Waals surface area contributed by atoms with Crippen molar-refractivity contribution in [3.63, 3.8) is 0 Å². The highest BCUT2D eigenvalue weighted by Crippen LogP contribution is 2.32. The molecule has 1 N–H and O–H groups in total. The molecule has 154 valence electrons. The summed E-state index contributed by atoms with van der Waals surface area (Å²) >= 11 is 8.35. The summed E-state index contributed by atoms with van der Waals surface area (Å²) in [5, 5.41) is 11.6. The monoisotopic (exact) mass is 463 g/mol. The average molecular weight is 464 g/mol. The number of aromatic nitrogens is 2. The second-order valence-corrected chi connectivity index (χ2v) is 9.03. The maximum atomic E-state index is 12.2. The summed E-state index contributed by atoms with van der Waals surface area (Å²) in [4.78, 5) is 36.1. The van der Waals surface area contributed by atoms with E-state index < -0.39 is 11.4 Å². The largest absolute Gasteiger partial charge is 0.464 e. The molecule has 11 heteroatoms. The van der Waals surface area contributed by atoms with Gasteiger partial charge in [0, 0.05) is 17.0 Å². The van der Waals surface area contributed by atoms with Crippen LogP contribution in [-0.2, 0) is 10.5 Å². The lowest BCUT2D eigenvalue weighted by Gasteiger charge is -2.04. The highest BCUT2D eigenvalue weighted by Gasteiger charge is 2.30. The second kappa shape index (κ2) is 8.99. The van der Waals surface area contributed by atoms with Crippen molar-refractivity contribution >= 4 is 51.7 Å². The molecule has 1 amide bonds. The fourth-order valence-corrected chi connectivity index (χ4v) is 4.11. The third-order valence-electron chi connectivity index (χ3n) is 4.06. The molecule has 4 rings (SSSR count). The van der Waals surface area contributed by atoms with Crippen molar-refractivity contribution < 1.29 is 18.7 Å². The van der Waals surface area contributed by atoms with Crippen LogP contribution in [0.4, 0.5) is 5.13 Å². The minimum Gasteiger partial charge on any atom is -0.464 e. The molecule has 1 saturated carbocycles. The van der Waals surface area contributed by atoms with Gasteiger partial charge in [-0.05, 0) is 37.1 Å². The molecule has 0 unspecified atom stereocenters. The van der Waals surface area contributed by atoms with Gasteiger partial charge in [-0.15, -0.1) is 10.2 Å². The van der Waals surface area contributed by atoms with E-state index in [4.69, 9.17) is 20.8 Å². The molecule has 2 heterocycles. The summed E-state index contributed by atoms with van der Waals surface area (Å²) in [5.74, 6) is -0.120. The summed E-state index contributed by atoms with van der Waals surface area (Å²) < 4.78 is 11.1. The van der Waals surface area contributed by atoms with Gasteiger partial charge >= 0.3 is 5.97 Å². The summed E-state index contributed by atoms with van der Waals surface area (Å²) in [7, 11) is 0. The molecule has 2 aromatic heterocycles. The fraction of sp³-hybridized carbons (Fsp3) is 0.211. The lowest BCUT2D eigenvalue weighted by molar-refractivity contribution is -0.117. The van der Waals surface area contributed by atoms with Crippen LogP contribution in [0.15, 0.2) is 50.1 Å². The van der Waals surface area contributed by atoms with Crippen LogP contribution >= 0.6 is 34.7 Å². The van der Waals surface area contributed by atoms with E-state index in [0.717, 1.165) is 19.1 Å². The van der Waals surface area contributed by atoms with Gasteiger partial charge in [0.05, 0.1) is 11.3 Å². The SMILES string of the molecule is O=C(Oc1coc(CSc2nnc(NC(=O)C3CC3)s2)cc1=O)c1ccc(Cl)cc1. The molecule has 3 aromatic rings. The zero-order chi connectivity index (χ0) is 21.1. The molecule has 0 spiro atoms. The quantitative estimate of drug-likeness (QED) is 0.318. The number of carbonyl (C=O) groups excluding carboxylic acids is 2. The summed E-state index contributed by atoms with van der Waals surface area (Å²) in [6.45, 7) is 0. The number of nitrogens with one attached hydrogen (secondary N) is 1. The first kappa shape index (κ1) is 20.6. The van der Waals surface area contributed by atoms with Crippen molar-refractivity contribution in [2.75, 3.05) is 5.32 Å². The summed E-state index contributed by atoms with van der Waals surface area (Å²) in [5.41, 5.74) is -0.215. The number of nitrogens with zero attached hydrogens (tertiary/aromatic N) is 2. The van der Waals surface area contributed by atoms with Gasteiger partial charge in [0.15, 0.2) is 4.34 Å². The van der Waals surface area contributed by atoms with E-state index in [9.17, 15) is 14.4 Å². The zero-order valence-electron chi connectivity index (χ0n) is 15.3. The Labute approximate surface area is 183 Å². The number of rotatable bonds is 7. The first-order valence-electron chi connectivity index (χ1n) is 8.84. The van der Waals surface area contributed by atoms with Gasteiger partial charge in [-0.2, -0.15) is 0 Å². The summed E-state index contributed by atoms with van der Waals surface area (Å²) in [6.07, 6.45) is 2.93. The molecule has 8 nitrogen and oxygen atoms in total. The molecule has 1 aliphatic rings. The number of hydrogen-bond donors (Lipinski definition) is 1. The lowest BCUT2D eigenvalue weighted by Crippen LogP contribution is -2.14. The van der Waals surface area contributed by atoms with Crippen molar-refractivity contribution in [3.05, 3.63) is 63.2 Å². The maximum absolute atomic E-state index is 12.2. The second-order valence-electron chi connectivity index (χ2n) is 6.40. The van der Waals surface area contributed by atoms with Crippen LogP contribution in [0.1, 0.15) is 29.0 Å². The van der Waals surface area contributed by atoms with Crippen molar-refractivity contribution in [3.8, 4) is 5.75 Å². The third kappa shape index (κ3) is 5.26. The number of ether oxygens (including phenoxy) is 1. The number of benzene rings is 1. The van der Waals surface area contributed by atoms with E-state index in [1.54, 1.807) is 12.1 Å². The Morgan fingerprint density at radius 2 is 2.03 bits per heavy atom. The smallest absolute Gasteiger partial charge is 0.343 e. The predicted molar refractivity (Wildman–Crippen MR) is 112 cm³/mol. The number of carbonyl (C=O) groups is 2.